The molecule has 4 rings (SSSR count). The summed E-state index contributed by atoms with van der Waals surface area (Å²) < 4.78 is 12.0. The molecular formula is C29H32N2O5. The molecule has 7 heteroatoms. The summed E-state index contributed by atoms with van der Waals surface area (Å²) in [6.07, 6.45) is 0.583. The Morgan fingerprint density at radius 2 is 1.75 bits per heavy atom. The first kappa shape index (κ1) is 25.4. The summed E-state index contributed by atoms with van der Waals surface area (Å²) in [4.78, 5) is 11.4. The molecule has 4 N–H and O–H groups in total. The number of hydrogen-bond acceptors (Lipinski definition) is 5. The first-order chi connectivity index (χ1) is 17.5. The SMILES string of the molecule is C=CCOC1CC(NC[C@H](O)[C@H](Cc2ccccc2)NC(=O)O)c2cc(Oc3ccccc3)ccc21. The van der Waals surface area contributed by atoms with E-state index in [2.05, 4.69) is 17.2 Å². The third-order valence-electron chi connectivity index (χ3n) is 6.27. The van der Waals surface area contributed by atoms with Gasteiger partial charge in [-0.3, -0.25) is 0 Å². The van der Waals surface area contributed by atoms with Gasteiger partial charge in [-0.05, 0) is 53.8 Å². The monoisotopic (exact) mass is 488 g/mol. The summed E-state index contributed by atoms with van der Waals surface area (Å²) in [5.74, 6) is 1.46. The average Bonchev–Trinajstić information content (AvgIpc) is 3.23. The molecule has 3 aromatic carbocycles. The molecule has 0 bridgehead atoms. The number of carboxylic acid groups (broad SMARTS) is 1. The predicted octanol–water partition coefficient (Wildman–Crippen LogP) is 5.00. The lowest BCUT2D eigenvalue weighted by atomic mass is 10.0. The lowest BCUT2D eigenvalue weighted by molar-refractivity contribution is 0.0672. The van der Waals surface area contributed by atoms with Gasteiger partial charge in [0.15, 0.2) is 0 Å². The fourth-order valence-electron chi connectivity index (χ4n) is 4.55. The van der Waals surface area contributed by atoms with Gasteiger partial charge in [0.1, 0.15) is 11.5 Å². The Kier molecular flexibility index (Phi) is 8.73. The van der Waals surface area contributed by atoms with Crippen LogP contribution < -0.4 is 15.4 Å². The summed E-state index contributed by atoms with van der Waals surface area (Å²) in [6, 6.07) is 24.3. The highest BCUT2D eigenvalue weighted by Gasteiger charge is 2.33. The lowest BCUT2D eigenvalue weighted by Gasteiger charge is -2.25. The van der Waals surface area contributed by atoms with E-state index in [1.807, 2.05) is 78.9 Å². The van der Waals surface area contributed by atoms with E-state index in [0.29, 0.717) is 25.2 Å². The van der Waals surface area contributed by atoms with Gasteiger partial charge in [0, 0.05) is 12.6 Å². The normalized spacial score (nSPS) is 18.1. The van der Waals surface area contributed by atoms with Crippen LogP contribution >= 0.6 is 0 Å². The first-order valence-corrected chi connectivity index (χ1v) is 12.1. The minimum absolute atomic E-state index is 0.0917. The van der Waals surface area contributed by atoms with E-state index in [1.54, 1.807) is 6.08 Å². The van der Waals surface area contributed by atoms with E-state index in [1.165, 1.54) is 0 Å². The van der Waals surface area contributed by atoms with Crippen molar-refractivity contribution in [1.82, 2.24) is 10.6 Å². The number of benzene rings is 3. The largest absolute Gasteiger partial charge is 0.465 e. The number of nitrogens with one attached hydrogen (secondary N) is 2. The third kappa shape index (κ3) is 6.73. The van der Waals surface area contributed by atoms with E-state index >= 15 is 0 Å². The van der Waals surface area contributed by atoms with Gasteiger partial charge in [-0.15, -0.1) is 6.58 Å². The molecule has 0 saturated heterocycles. The first-order valence-electron chi connectivity index (χ1n) is 12.1. The Hall–Kier alpha value is -3.65. The second kappa shape index (κ2) is 12.4. The topological polar surface area (TPSA) is 100 Å². The third-order valence-corrected chi connectivity index (χ3v) is 6.27. The van der Waals surface area contributed by atoms with Gasteiger partial charge >= 0.3 is 6.09 Å². The molecule has 0 heterocycles. The second-order valence-electron chi connectivity index (χ2n) is 8.83. The molecule has 3 aromatic rings. The van der Waals surface area contributed by atoms with Crippen LogP contribution in [0.15, 0.2) is 91.5 Å². The molecule has 4 atom stereocenters. The van der Waals surface area contributed by atoms with Crippen molar-refractivity contribution in [2.75, 3.05) is 13.2 Å². The van der Waals surface area contributed by atoms with E-state index in [-0.39, 0.29) is 18.7 Å². The van der Waals surface area contributed by atoms with Crippen LogP contribution in [0.3, 0.4) is 0 Å². The zero-order valence-corrected chi connectivity index (χ0v) is 20.0. The summed E-state index contributed by atoms with van der Waals surface area (Å²) >= 11 is 0. The number of hydrogen-bond donors (Lipinski definition) is 4. The van der Waals surface area contributed by atoms with Gasteiger partial charge in [-0.25, -0.2) is 4.79 Å². The molecule has 36 heavy (non-hydrogen) atoms. The molecular weight excluding hydrogens is 456 g/mol. The number of aliphatic hydroxyl groups is 1. The van der Waals surface area contributed by atoms with E-state index in [4.69, 9.17) is 9.47 Å². The molecule has 1 amide bonds. The van der Waals surface area contributed by atoms with Crippen molar-refractivity contribution in [3.63, 3.8) is 0 Å². The van der Waals surface area contributed by atoms with Crippen LogP contribution in [0.4, 0.5) is 4.79 Å². The van der Waals surface area contributed by atoms with Crippen molar-refractivity contribution in [2.24, 2.45) is 0 Å². The highest BCUT2D eigenvalue weighted by atomic mass is 16.5. The Balaban J connectivity index is 1.48. The van der Waals surface area contributed by atoms with Gasteiger partial charge in [0.25, 0.3) is 0 Å². The Morgan fingerprint density at radius 3 is 2.44 bits per heavy atom. The molecule has 1 aliphatic carbocycles. The smallest absolute Gasteiger partial charge is 0.404 e. The zero-order valence-electron chi connectivity index (χ0n) is 20.0. The summed E-state index contributed by atoms with van der Waals surface area (Å²) in [5, 5.41) is 26.1. The van der Waals surface area contributed by atoms with Gasteiger partial charge in [-0.1, -0.05) is 60.7 Å². The molecule has 7 nitrogen and oxygen atoms in total. The molecule has 0 fully saturated rings. The van der Waals surface area contributed by atoms with Crippen molar-refractivity contribution >= 4 is 6.09 Å². The van der Waals surface area contributed by atoms with Crippen molar-refractivity contribution < 1.29 is 24.5 Å². The highest BCUT2D eigenvalue weighted by Crippen LogP contribution is 2.43. The fourth-order valence-corrected chi connectivity index (χ4v) is 4.55. The van der Waals surface area contributed by atoms with Crippen LogP contribution in [0.2, 0.25) is 0 Å². The molecule has 0 spiro atoms. The number of carbonyl (C=O) groups is 1. The van der Waals surface area contributed by atoms with Crippen molar-refractivity contribution in [3.8, 4) is 11.5 Å². The summed E-state index contributed by atoms with van der Waals surface area (Å²) in [7, 11) is 0. The Morgan fingerprint density at radius 1 is 1.03 bits per heavy atom. The van der Waals surface area contributed by atoms with Gasteiger partial charge < -0.3 is 30.3 Å². The van der Waals surface area contributed by atoms with Crippen molar-refractivity contribution in [3.05, 3.63) is 108 Å². The lowest BCUT2D eigenvalue weighted by Crippen LogP contribution is -2.48. The fraction of sp³-hybridized carbons (Fsp3) is 0.276. The maximum Gasteiger partial charge on any atom is 0.404 e. The van der Waals surface area contributed by atoms with Crippen molar-refractivity contribution in [1.29, 1.82) is 0 Å². The number of fused-ring (bicyclic) bond motifs is 1. The molecule has 0 aliphatic heterocycles. The highest BCUT2D eigenvalue weighted by molar-refractivity contribution is 5.65. The van der Waals surface area contributed by atoms with Gasteiger partial charge in [-0.2, -0.15) is 0 Å². The molecule has 0 radical (unpaired) electrons. The molecule has 0 saturated carbocycles. The Bertz CT molecular complexity index is 1140. The van der Waals surface area contributed by atoms with Crippen molar-refractivity contribution in [2.45, 2.75) is 37.1 Å². The average molecular weight is 489 g/mol. The number of para-hydroxylation sites is 1. The Labute approximate surface area is 211 Å². The molecule has 188 valence electrons. The van der Waals surface area contributed by atoms with E-state index in [0.717, 1.165) is 22.4 Å². The summed E-state index contributed by atoms with van der Waals surface area (Å²) in [6.45, 7) is 4.39. The predicted molar refractivity (Wildman–Crippen MR) is 138 cm³/mol. The van der Waals surface area contributed by atoms with Crippen LogP contribution in [0, 0.1) is 0 Å². The molecule has 1 aliphatic rings. The minimum atomic E-state index is -1.17. The maximum atomic E-state index is 11.4. The van der Waals surface area contributed by atoms with Crippen LogP contribution in [0.1, 0.15) is 35.3 Å². The number of amides is 1. The zero-order chi connectivity index (χ0) is 25.3. The quantitative estimate of drug-likeness (QED) is 0.268. The van der Waals surface area contributed by atoms with E-state index < -0.39 is 18.2 Å². The van der Waals surface area contributed by atoms with Crippen LogP contribution in [0.5, 0.6) is 11.5 Å². The second-order valence-corrected chi connectivity index (χ2v) is 8.83. The van der Waals surface area contributed by atoms with Crippen LogP contribution in [0.25, 0.3) is 0 Å². The standard InChI is InChI=1S/C29H32N2O5/c1-2-15-35-28-18-25(24-17-22(13-14-23(24)28)36-21-11-7-4-8-12-21)30-19-27(32)26(31-29(33)34)16-20-9-5-3-6-10-20/h2-14,17,25-28,30-32H,1,15-16,18-19H2,(H,33,34)/t25?,26-,27-,28?/m0/s1. The van der Waals surface area contributed by atoms with E-state index in [9.17, 15) is 15.0 Å². The number of aliphatic hydroxyl groups excluding tert-OH is 1. The summed E-state index contributed by atoms with van der Waals surface area (Å²) in [5.41, 5.74) is 3.05. The number of ether oxygens (including phenoxy) is 2. The van der Waals surface area contributed by atoms with Crippen LogP contribution in [-0.2, 0) is 11.2 Å². The van der Waals surface area contributed by atoms with Gasteiger partial charge in [0.2, 0.25) is 0 Å². The van der Waals surface area contributed by atoms with Crippen LogP contribution in [-0.4, -0.2) is 41.6 Å². The molecule has 0 aromatic heterocycles. The number of rotatable bonds is 12. The maximum absolute atomic E-state index is 11.4. The van der Waals surface area contributed by atoms with Gasteiger partial charge in [0.05, 0.1) is 24.9 Å². The minimum Gasteiger partial charge on any atom is -0.465 e. The molecule has 2 unspecified atom stereocenters.